The highest BCUT2D eigenvalue weighted by Crippen LogP contribution is 2.04. The molecule has 0 saturated carbocycles. The van der Waals surface area contributed by atoms with E-state index < -0.39 is 5.91 Å². The Kier molecular flexibility index (Phi) is 3.05. The summed E-state index contributed by atoms with van der Waals surface area (Å²) in [6.07, 6.45) is 0. The van der Waals surface area contributed by atoms with Gasteiger partial charge in [-0.25, -0.2) is 0 Å². The van der Waals surface area contributed by atoms with E-state index in [-0.39, 0.29) is 6.04 Å². The van der Waals surface area contributed by atoms with Crippen LogP contribution in [0.4, 0.5) is 0 Å². The lowest BCUT2D eigenvalue weighted by Gasteiger charge is -2.34. The van der Waals surface area contributed by atoms with Gasteiger partial charge < -0.3 is 4.90 Å². The minimum atomic E-state index is -0.473. The molecule has 0 spiro atoms. The van der Waals surface area contributed by atoms with Crippen molar-refractivity contribution >= 4 is 5.91 Å². The van der Waals surface area contributed by atoms with Crippen LogP contribution >= 0.6 is 0 Å². The summed E-state index contributed by atoms with van der Waals surface area (Å²) in [5, 5.41) is 0. The molecular formula is C8H16N3O. The van der Waals surface area contributed by atoms with E-state index in [1.807, 2.05) is 0 Å². The third-order valence-corrected chi connectivity index (χ3v) is 2.47. The van der Waals surface area contributed by atoms with Gasteiger partial charge in [0, 0.05) is 26.2 Å². The molecule has 0 aromatic carbocycles. The molecule has 1 N–H and O–H groups in total. The van der Waals surface area contributed by atoms with E-state index in [4.69, 9.17) is 5.73 Å². The van der Waals surface area contributed by atoms with Crippen LogP contribution in [0.1, 0.15) is 6.92 Å². The molecule has 0 bridgehead atoms. The molecule has 1 fully saturated rings. The molecule has 1 rings (SSSR count). The quantitative estimate of drug-likeness (QED) is 0.557. The molecule has 12 heavy (non-hydrogen) atoms. The monoisotopic (exact) mass is 170 g/mol. The number of carbonyl (C=O) groups excluding carboxylic acids is 1. The van der Waals surface area contributed by atoms with Crippen LogP contribution in [0.5, 0.6) is 0 Å². The van der Waals surface area contributed by atoms with Crippen LogP contribution < -0.4 is 5.73 Å². The lowest BCUT2D eigenvalue weighted by atomic mass is 10.2. The van der Waals surface area contributed by atoms with Crippen molar-refractivity contribution in [2.24, 2.45) is 0 Å². The highest BCUT2D eigenvalue weighted by atomic mass is 16.1. The number of hydrogen-bond donors (Lipinski definition) is 0. The van der Waals surface area contributed by atoms with Crippen molar-refractivity contribution in [2.45, 2.75) is 13.0 Å². The van der Waals surface area contributed by atoms with Crippen molar-refractivity contribution in [3.8, 4) is 0 Å². The summed E-state index contributed by atoms with van der Waals surface area (Å²) < 4.78 is 0. The molecule has 1 aliphatic heterocycles. The average molecular weight is 170 g/mol. The number of carbonyl (C=O) groups is 1. The van der Waals surface area contributed by atoms with Crippen molar-refractivity contribution in [2.75, 3.05) is 33.2 Å². The Labute approximate surface area is 73.3 Å². The topological polar surface area (TPSA) is 47.4 Å². The summed E-state index contributed by atoms with van der Waals surface area (Å²) in [5.41, 5.74) is 6.98. The van der Waals surface area contributed by atoms with Gasteiger partial charge in [0.2, 0.25) is 0 Å². The fraction of sp³-hybridized carbons (Fsp3) is 0.875. The number of amides is 1. The molecule has 1 atom stereocenters. The van der Waals surface area contributed by atoms with Crippen LogP contribution in [-0.2, 0) is 4.79 Å². The zero-order valence-corrected chi connectivity index (χ0v) is 7.71. The van der Waals surface area contributed by atoms with Gasteiger partial charge in [0.25, 0.3) is 5.91 Å². The highest BCUT2D eigenvalue weighted by Gasteiger charge is 2.22. The second kappa shape index (κ2) is 3.87. The van der Waals surface area contributed by atoms with E-state index in [9.17, 15) is 4.79 Å². The third kappa shape index (κ3) is 2.19. The van der Waals surface area contributed by atoms with Crippen molar-refractivity contribution in [3.63, 3.8) is 0 Å². The number of likely N-dealkylation sites (N-methyl/N-ethyl adjacent to an activating group) is 1. The van der Waals surface area contributed by atoms with Crippen LogP contribution in [0.2, 0.25) is 0 Å². The zero-order valence-electron chi connectivity index (χ0n) is 7.71. The van der Waals surface area contributed by atoms with Gasteiger partial charge in [-0.1, -0.05) is 0 Å². The number of hydrogen-bond acceptors (Lipinski definition) is 3. The average Bonchev–Trinajstić information content (AvgIpc) is 2.04. The first-order chi connectivity index (χ1) is 5.61. The Hall–Kier alpha value is -0.610. The number of nitrogens with one attached hydrogen (secondary N) is 1. The summed E-state index contributed by atoms with van der Waals surface area (Å²) >= 11 is 0. The summed E-state index contributed by atoms with van der Waals surface area (Å²) in [5.74, 6) is -0.473. The Morgan fingerprint density at radius 2 is 1.83 bits per heavy atom. The number of rotatable bonds is 2. The van der Waals surface area contributed by atoms with Gasteiger partial charge in [0.15, 0.2) is 0 Å². The van der Waals surface area contributed by atoms with Crippen molar-refractivity contribution < 1.29 is 4.79 Å². The Morgan fingerprint density at radius 1 is 1.33 bits per heavy atom. The van der Waals surface area contributed by atoms with Crippen LogP contribution in [0.15, 0.2) is 0 Å². The predicted octanol–water partition coefficient (Wildman–Crippen LogP) is -0.568. The Balaban J connectivity index is 2.39. The maximum absolute atomic E-state index is 10.7. The van der Waals surface area contributed by atoms with Crippen LogP contribution in [0.25, 0.3) is 0 Å². The van der Waals surface area contributed by atoms with E-state index >= 15 is 0 Å². The summed E-state index contributed by atoms with van der Waals surface area (Å²) in [6, 6.07) is -0.223. The lowest BCUT2D eigenvalue weighted by molar-refractivity contribution is -0.123. The lowest BCUT2D eigenvalue weighted by Crippen LogP contribution is -2.50. The normalized spacial score (nSPS) is 23.8. The molecule has 1 radical (unpaired) electrons. The van der Waals surface area contributed by atoms with Crippen molar-refractivity contribution in [1.29, 1.82) is 0 Å². The minimum absolute atomic E-state index is 0.223. The molecule has 1 saturated heterocycles. The van der Waals surface area contributed by atoms with Gasteiger partial charge in [-0.2, -0.15) is 0 Å². The molecule has 1 amide bonds. The van der Waals surface area contributed by atoms with E-state index in [2.05, 4.69) is 16.8 Å². The second-order valence-corrected chi connectivity index (χ2v) is 3.38. The van der Waals surface area contributed by atoms with Gasteiger partial charge in [-0.15, -0.1) is 0 Å². The summed E-state index contributed by atoms with van der Waals surface area (Å²) in [7, 11) is 2.07. The first-order valence-corrected chi connectivity index (χ1v) is 4.29. The van der Waals surface area contributed by atoms with Gasteiger partial charge >= 0.3 is 0 Å². The Bertz CT molecular complexity index is 164. The SMILES string of the molecule is CC(C([NH])=O)N1CCN(C)CC1. The standard InChI is InChI=1S/C8H16N3O/c1-7(8(9)12)11-5-3-10(2)4-6-11/h7,9H,3-6H2,1-2H3. The first kappa shape index (κ1) is 9.48. The van der Waals surface area contributed by atoms with Crippen molar-refractivity contribution in [3.05, 3.63) is 0 Å². The molecule has 69 valence electrons. The minimum Gasteiger partial charge on any atom is -0.304 e. The first-order valence-electron chi connectivity index (χ1n) is 4.29. The van der Waals surface area contributed by atoms with Gasteiger partial charge in [-0.05, 0) is 14.0 Å². The van der Waals surface area contributed by atoms with E-state index in [1.165, 1.54) is 0 Å². The Morgan fingerprint density at radius 3 is 2.25 bits per heavy atom. The van der Waals surface area contributed by atoms with E-state index in [1.54, 1.807) is 6.92 Å². The molecule has 0 aliphatic carbocycles. The van der Waals surface area contributed by atoms with Gasteiger partial charge in [0.05, 0.1) is 6.04 Å². The third-order valence-electron chi connectivity index (χ3n) is 2.47. The molecule has 0 aromatic heterocycles. The van der Waals surface area contributed by atoms with Crippen LogP contribution in [0, 0.1) is 0 Å². The van der Waals surface area contributed by atoms with E-state index in [0.717, 1.165) is 26.2 Å². The van der Waals surface area contributed by atoms with Gasteiger partial charge in [0.1, 0.15) is 0 Å². The van der Waals surface area contributed by atoms with Crippen molar-refractivity contribution in [1.82, 2.24) is 15.5 Å². The predicted molar refractivity (Wildman–Crippen MR) is 46.6 cm³/mol. The molecule has 4 nitrogen and oxygen atoms in total. The second-order valence-electron chi connectivity index (χ2n) is 3.38. The maximum Gasteiger partial charge on any atom is 0.255 e. The largest absolute Gasteiger partial charge is 0.304 e. The molecular weight excluding hydrogens is 154 g/mol. The fourth-order valence-electron chi connectivity index (χ4n) is 1.38. The zero-order chi connectivity index (χ0) is 9.14. The van der Waals surface area contributed by atoms with Crippen LogP contribution in [0.3, 0.4) is 0 Å². The summed E-state index contributed by atoms with van der Waals surface area (Å²) in [4.78, 5) is 15.0. The molecule has 4 heteroatoms. The van der Waals surface area contributed by atoms with Crippen LogP contribution in [-0.4, -0.2) is 55.0 Å². The fourth-order valence-corrected chi connectivity index (χ4v) is 1.38. The summed E-state index contributed by atoms with van der Waals surface area (Å²) in [6.45, 7) is 5.61. The molecule has 0 aromatic rings. The molecule has 1 unspecified atom stereocenters. The smallest absolute Gasteiger partial charge is 0.255 e. The van der Waals surface area contributed by atoms with E-state index in [0.29, 0.717) is 0 Å². The van der Waals surface area contributed by atoms with Gasteiger partial charge in [-0.3, -0.25) is 15.4 Å². The maximum atomic E-state index is 10.7. The highest BCUT2D eigenvalue weighted by molar-refractivity contribution is 5.78. The molecule has 1 aliphatic rings. The molecule has 1 heterocycles. The number of piperazine rings is 1. The number of nitrogens with zero attached hydrogens (tertiary/aromatic N) is 2.